The van der Waals surface area contributed by atoms with E-state index in [1.54, 1.807) is 35.2 Å². The molecule has 0 bridgehead atoms. The van der Waals surface area contributed by atoms with Gasteiger partial charge in [0.25, 0.3) is 11.6 Å². The first-order chi connectivity index (χ1) is 13.6. The van der Waals surface area contributed by atoms with Gasteiger partial charge in [-0.15, -0.1) is 10.2 Å². The summed E-state index contributed by atoms with van der Waals surface area (Å²) in [4.78, 5) is 24.5. The highest BCUT2D eigenvalue weighted by molar-refractivity contribution is 5.91. The van der Waals surface area contributed by atoms with Crippen molar-refractivity contribution in [1.29, 1.82) is 0 Å². The third kappa shape index (κ3) is 4.70. The van der Waals surface area contributed by atoms with Crippen molar-refractivity contribution in [2.24, 2.45) is 0 Å². The average molecular weight is 382 g/mol. The fourth-order valence-electron chi connectivity index (χ4n) is 2.53. The van der Waals surface area contributed by atoms with Crippen molar-refractivity contribution in [1.82, 2.24) is 15.1 Å². The highest BCUT2D eigenvalue weighted by atomic mass is 16.6. The number of rotatable bonds is 8. The number of hydrogen-bond donors (Lipinski definition) is 0. The number of non-ortho nitro benzene ring substituents is 1. The maximum Gasteiger partial charge on any atom is 0.283 e. The van der Waals surface area contributed by atoms with Crippen LogP contribution in [0.1, 0.15) is 24.8 Å². The summed E-state index contributed by atoms with van der Waals surface area (Å²) in [5, 5.41) is 18.7. The SMILES string of the molecule is CCCN(Cc1nnc(-c2ccco2)o1)C(=O)/C=C/c1cccc([N+](=O)[O-])c1. The fourth-order valence-corrected chi connectivity index (χ4v) is 2.53. The summed E-state index contributed by atoms with van der Waals surface area (Å²) >= 11 is 0. The normalized spacial score (nSPS) is 11.0. The topological polar surface area (TPSA) is 116 Å². The van der Waals surface area contributed by atoms with Crippen molar-refractivity contribution in [2.75, 3.05) is 6.54 Å². The van der Waals surface area contributed by atoms with E-state index in [1.165, 1.54) is 24.5 Å². The Kier molecular flexibility index (Phi) is 5.95. The molecule has 1 amide bonds. The maximum absolute atomic E-state index is 12.6. The molecule has 3 rings (SSSR count). The Morgan fingerprint density at radius 1 is 1.29 bits per heavy atom. The minimum absolute atomic E-state index is 0.0312. The molecule has 0 aliphatic rings. The molecule has 9 nitrogen and oxygen atoms in total. The van der Waals surface area contributed by atoms with Crippen LogP contribution in [0, 0.1) is 10.1 Å². The van der Waals surface area contributed by atoms with Crippen LogP contribution in [0.15, 0.2) is 57.6 Å². The molecule has 0 spiro atoms. The fraction of sp³-hybridized carbons (Fsp3) is 0.211. The minimum Gasteiger partial charge on any atom is -0.459 e. The lowest BCUT2D eigenvalue weighted by Gasteiger charge is -2.18. The Balaban J connectivity index is 1.70. The van der Waals surface area contributed by atoms with Crippen LogP contribution in [0.25, 0.3) is 17.7 Å². The lowest BCUT2D eigenvalue weighted by atomic mass is 10.2. The monoisotopic (exact) mass is 382 g/mol. The molecule has 0 fully saturated rings. The van der Waals surface area contributed by atoms with Crippen molar-refractivity contribution in [2.45, 2.75) is 19.9 Å². The van der Waals surface area contributed by atoms with Gasteiger partial charge in [-0.25, -0.2) is 0 Å². The van der Waals surface area contributed by atoms with Gasteiger partial charge in [0.15, 0.2) is 5.76 Å². The number of nitrogens with zero attached hydrogens (tertiary/aromatic N) is 4. The van der Waals surface area contributed by atoms with Crippen LogP contribution >= 0.6 is 0 Å². The van der Waals surface area contributed by atoms with Gasteiger partial charge in [-0.1, -0.05) is 19.1 Å². The van der Waals surface area contributed by atoms with Crippen LogP contribution in [0.4, 0.5) is 5.69 Å². The first-order valence-electron chi connectivity index (χ1n) is 8.64. The van der Waals surface area contributed by atoms with Crippen LogP contribution < -0.4 is 0 Å². The van der Waals surface area contributed by atoms with E-state index in [0.29, 0.717) is 17.9 Å². The second-order valence-electron chi connectivity index (χ2n) is 5.92. The van der Waals surface area contributed by atoms with E-state index in [2.05, 4.69) is 10.2 Å². The molecule has 0 saturated carbocycles. The largest absolute Gasteiger partial charge is 0.459 e. The third-order valence-corrected chi connectivity index (χ3v) is 3.83. The molecule has 0 saturated heterocycles. The van der Waals surface area contributed by atoms with Gasteiger partial charge in [0.05, 0.1) is 17.7 Å². The van der Waals surface area contributed by atoms with Crippen molar-refractivity contribution >= 4 is 17.7 Å². The number of nitro benzene ring substituents is 1. The zero-order valence-electron chi connectivity index (χ0n) is 15.1. The number of benzene rings is 1. The predicted molar refractivity (Wildman–Crippen MR) is 99.8 cm³/mol. The Bertz CT molecular complexity index is 978. The second kappa shape index (κ2) is 8.76. The first-order valence-corrected chi connectivity index (χ1v) is 8.64. The number of aromatic nitrogens is 2. The zero-order valence-corrected chi connectivity index (χ0v) is 15.1. The highest BCUT2D eigenvalue weighted by Gasteiger charge is 2.16. The van der Waals surface area contributed by atoms with E-state index in [1.807, 2.05) is 6.92 Å². The molecule has 0 aliphatic carbocycles. The number of carbonyl (C=O) groups excluding carboxylic acids is 1. The summed E-state index contributed by atoms with van der Waals surface area (Å²) in [7, 11) is 0. The molecule has 144 valence electrons. The van der Waals surface area contributed by atoms with Gasteiger partial charge in [-0.3, -0.25) is 14.9 Å². The van der Waals surface area contributed by atoms with Gasteiger partial charge in [0.2, 0.25) is 11.8 Å². The van der Waals surface area contributed by atoms with E-state index in [0.717, 1.165) is 6.42 Å². The van der Waals surface area contributed by atoms with Gasteiger partial charge in [-0.2, -0.15) is 0 Å². The molecule has 0 N–H and O–H groups in total. The standard InChI is InChI=1S/C19H18N4O5/c1-2-10-22(13-17-20-21-19(28-17)16-7-4-11-27-16)18(24)9-8-14-5-3-6-15(12-14)23(25)26/h3-9,11-12H,2,10,13H2,1H3/b9-8+. The van der Waals surface area contributed by atoms with E-state index >= 15 is 0 Å². The Labute approximate surface area is 160 Å². The van der Waals surface area contributed by atoms with Crippen molar-refractivity contribution in [3.05, 3.63) is 70.3 Å². The second-order valence-corrected chi connectivity index (χ2v) is 5.92. The van der Waals surface area contributed by atoms with Crippen LogP contribution in [0.5, 0.6) is 0 Å². The zero-order chi connectivity index (χ0) is 19.9. The van der Waals surface area contributed by atoms with Crippen LogP contribution in [-0.2, 0) is 11.3 Å². The molecule has 9 heteroatoms. The predicted octanol–water partition coefficient (Wildman–Crippen LogP) is 3.69. The van der Waals surface area contributed by atoms with Gasteiger partial charge in [0, 0.05) is 24.8 Å². The molecule has 28 heavy (non-hydrogen) atoms. The Morgan fingerprint density at radius 2 is 2.14 bits per heavy atom. The summed E-state index contributed by atoms with van der Waals surface area (Å²) < 4.78 is 10.8. The van der Waals surface area contributed by atoms with Crippen LogP contribution in [-0.4, -0.2) is 32.5 Å². The highest BCUT2D eigenvalue weighted by Crippen LogP contribution is 2.19. The van der Waals surface area contributed by atoms with E-state index in [4.69, 9.17) is 8.83 Å². The first kappa shape index (κ1) is 19.0. The number of hydrogen-bond acceptors (Lipinski definition) is 7. The van der Waals surface area contributed by atoms with Crippen molar-refractivity contribution < 1.29 is 18.6 Å². The average Bonchev–Trinajstić information content (AvgIpc) is 3.37. The van der Waals surface area contributed by atoms with Crippen molar-refractivity contribution in [3.63, 3.8) is 0 Å². The molecule has 0 atom stereocenters. The summed E-state index contributed by atoms with van der Waals surface area (Å²) in [5.41, 5.74) is 0.535. The molecular weight excluding hydrogens is 364 g/mol. The van der Waals surface area contributed by atoms with E-state index in [-0.39, 0.29) is 29.9 Å². The van der Waals surface area contributed by atoms with Crippen molar-refractivity contribution in [3.8, 4) is 11.7 Å². The van der Waals surface area contributed by atoms with Gasteiger partial charge in [-0.05, 0) is 30.2 Å². The van der Waals surface area contributed by atoms with Crippen LogP contribution in [0.2, 0.25) is 0 Å². The summed E-state index contributed by atoms with van der Waals surface area (Å²) in [6.07, 6.45) is 5.17. The lowest BCUT2D eigenvalue weighted by molar-refractivity contribution is -0.384. The molecule has 3 aromatic rings. The van der Waals surface area contributed by atoms with Gasteiger partial charge in [0.1, 0.15) is 0 Å². The number of furan rings is 1. The summed E-state index contributed by atoms with van der Waals surface area (Å²) in [6.45, 7) is 2.60. The molecule has 0 radical (unpaired) electrons. The number of nitro groups is 1. The van der Waals surface area contributed by atoms with Crippen LogP contribution in [0.3, 0.4) is 0 Å². The summed E-state index contributed by atoms with van der Waals surface area (Å²) in [6, 6.07) is 9.48. The van der Waals surface area contributed by atoms with E-state index in [9.17, 15) is 14.9 Å². The number of carbonyl (C=O) groups is 1. The van der Waals surface area contributed by atoms with Gasteiger partial charge >= 0.3 is 0 Å². The molecule has 0 unspecified atom stereocenters. The van der Waals surface area contributed by atoms with E-state index < -0.39 is 4.92 Å². The Morgan fingerprint density at radius 3 is 2.86 bits per heavy atom. The quantitative estimate of drug-likeness (QED) is 0.331. The smallest absolute Gasteiger partial charge is 0.283 e. The molecule has 2 aromatic heterocycles. The molecule has 1 aromatic carbocycles. The summed E-state index contributed by atoms with van der Waals surface area (Å²) in [5.74, 6) is 0.733. The minimum atomic E-state index is -0.477. The maximum atomic E-state index is 12.6. The lowest BCUT2D eigenvalue weighted by Crippen LogP contribution is -2.29. The number of amides is 1. The third-order valence-electron chi connectivity index (χ3n) is 3.83. The molecular formula is C19H18N4O5. The Hall–Kier alpha value is -3.75. The molecule has 2 heterocycles. The molecule has 0 aliphatic heterocycles. The van der Waals surface area contributed by atoms with Gasteiger partial charge < -0.3 is 13.7 Å².